The molecule has 1 unspecified atom stereocenters. The largest absolute Gasteiger partial charge is 0.316 e. The highest BCUT2D eigenvalue weighted by Crippen LogP contribution is 2.13. The molecule has 0 fully saturated rings. The number of halogens is 1. The Morgan fingerprint density at radius 1 is 1.69 bits per heavy atom. The van der Waals surface area contributed by atoms with E-state index >= 15 is 0 Å². The van der Waals surface area contributed by atoms with Crippen LogP contribution in [0.25, 0.3) is 0 Å². The molecule has 1 aromatic rings. The molecule has 0 aliphatic rings. The fourth-order valence-electron chi connectivity index (χ4n) is 1.31. The fraction of sp³-hybridized carbons (Fsp3) is 0.273. The number of benzene rings is 1. The van der Waals surface area contributed by atoms with Gasteiger partial charge in [0.25, 0.3) is 0 Å². The Hall–Kier alpha value is -1.22. The van der Waals surface area contributed by atoms with Gasteiger partial charge in [0.1, 0.15) is 6.54 Å². The molecule has 16 heavy (non-hydrogen) atoms. The zero-order chi connectivity index (χ0) is 12.0. The molecule has 4 nitrogen and oxygen atoms in total. The summed E-state index contributed by atoms with van der Waals surface area (Å²) >= 11 is 3.37. The first-order valence-corrected chi connectivity index (χ1v) is 5.55. The summed E-state index contributed by atoms with van der Waals surface area (Å²) in [6.07, 6.45) is 0. The van der Waals surface area contributed by atoms with E-state index < -0.39 is 0 Å². The molecular weight excluding hydrogens is 270 g/mol. The van der Waals surface area contributed by atoms with Crippen molar-refractivity contribution in [2.45, 2.75) is 13.0 Å². The van der Waals surface area contributed by atoms with Gasteiger partial charge in [-0.2, -0.15) is 10.7 Å². The first-order valence-electron chi connectivity index (χ1n) is 4.76. The maximum absolute atomic E-state index is 8.91. The molecule has 0 radical (unpaired) electrons. The van der Waals surface area contributed by atoms with Gasteiger partial charge in [-0.25, -0.2) is 0 Å². The Balaban J connectivity index is 3.07. The predicted molar refractivity (Wildman–Crippen MR) is 65.5 cm³/mol. The number of aliphatic imine (C=N–C) groups is 1. The average molecular weight is 282 g/mol. The number of hydrogen-bond donors (Lipinski definition) is 2. The molecule has 0 heterocycles. The molecule has 1 rings (SSSR count). The van der Waals surface area contributed by atoms with Crippen molar-refractivity contribution in [2.24, 2.45) is 4.99 Å². The highest BCUT2D eigenvalue weighted by molar-refractivity contribution is 9.10. The summed E-state index contributed by atoms with van der Waals surface area (Å²) < 4.78 is 0.930. The minimum absolute atomic E-state index is 0.0772. The summed E-state index contributed by atoms with van der Waals surface area (Å²) in [5, 5.41) is 17.4. The van der Waals surface area contributed by atoms with E-state index in [-0.39, 0.29) is 12.6 Å². The van der Waals surface area contributed by atoms with Gasteiger partial charge >= 0.3 is 0 Å². The van der Waals surface area contributed by atoms with Crippen molar-refractivity contribution in [3.8, 4) is 6.07 Å². The van der Waals surface area contributed by atoms with Gasteiger partial charge in [0.15, 0.2) is 0 Å². The summed E-state index contributed by atoms with van der Waals surface area (Å²) in [6, 6.07) is 9.20. The number of nitriles is 1. The van der Waals surface area contributed by atoms with Crippen LogP contribution in [0.2, 0.25) is 0 Å². The Morgan fingerprint density at radius 2 is 2.44 bits per heavy atom. The molecule has 0 aliphatic carbocycles. The van der Waals surface area contributed by atoms with Gasteiger partial charge < -0.3 is 5.21 Å². The molecule has 1 atom stereocenters. The second kappa shape index (κ2) is 6.38. The molecule has 84 valence electrons. The van der Waals surface area contributed by atoms with Crippen LogP contribution in [-0.2, 0) is 0 Å². The lowest BCUT2D eigenvalue weighted by atomic mass is 10.1. The van der Waals surface area contributed by atoms with E-state index in [9.17, 15) is 0 Å². The van der Waals surface area contributed by atoms with Gasteiger partial charge in [-0.15, -0.1) is 0 Å². The molecule has 0 bridgehead atoms. The van der Waals surface area contributed by atoms with Crippen LogP contribution in [-0.4, -0.2) is 23.5 Å². The summed E-state index contributed by atoms with van der Waals surface area (Å²) in [6.45, 7) is 1.85. The Bertz CT molecular complexity index is 425. The molecule has 5 heteroatoms. The second-order valence-electron chi connectivity index (χ2n) is 3.22. The normalized spacial score (nSPS) is 13.2. The maximum Gasteiger partial charge on any atom is 0.126 e. The van der Waals surface area contributed by atoms with E-state index in [1.165, 1.54) is 0 Å². The third-order valence-electron chi connectivity index (χ3n) is 2.04. The standard InChI is InChI=1S/C11H12BrN3O/c1-8(15-16)11(14-6-5-13)9-3-2-4-10(12)7-9/h2-4,7-8,15-16H,6H2,1H3. The minimum atomic E-state index is -0.317. The van der Waals surface area contributed by atoms with Gasteiger partial charge in [0.2, 0.25) is 0 Å². The van der Waals surface area contributed by atoms with Gasteiger partial charge in [0, 0.05) is 4.47 Å². The maximum atomic E-state index is 8.91. The van der Waals surface area contributed by atoms with Gasteiger partial charge in [0.05, 0.1) is 17.8 Å². The lowest BCUT2D eigenvalue weighted by Gasteiger charge is -2.13. The fourth-order valence-corrected chi connectivity index (χ4v) is 1.71. The predicted octanol–water partition coefficient (Wildman–Crippen LogP) is 2.13. The van der Waals surface area contributed by atoms with Gasteiger partial charge in [-0.1, -0.05) is 28.1 Å². The van der Waals surface area contributed by atoms with Crippen LogP contribution in [0.15, 0.2) is 33.7 Å². The van der Waals surface area contributed by atoms with Crippen LogP contribution in [0.1, 0.15) is 12.5 Å². The highest BCUT2D eigenvalue weighted by Gasteiger charge is 2.11. The average Bonchev–Trinajstić information content (AvgIpc) is 2.29. The van der Waals surface area contributed by atoms with Crippen LogP contribution < -0.4 is 5.48 Å². The molecule has 1 aromatic carbocycles. The minimum Gasteiger partial charge on any atom is -0.316 e. The highest BCUT2D eigenvalue weighted by atomic mass is 79.9. The topological polar surface area (TPSA) is 68.4 Å². The summed E-state index contributed by atoms with van der Waals surface area (Å²) in [7, 11) is 0. The van der Waals surface area contributed by atoms with Crippen molar-refractivity contribution in [3.05, 3.63) is 34.3 Å². The van der Waals surface area contributed by atoms with Gasteiger partial charge in [-0.3, -0.25) is 4.99 Å². The number of hydroxylamine groups is 1. The van der Waals surface area contributed by atoms with Crippen molar-refractivity contribution in [1.82, 2.24) is 5.48 Å². The molecule has 0 amide bonds. The third kappa shape index (κ3) is 3.42. The lowest BCUT2D eigenvalue weighted by Crippen LogP contribution is -2.32. The molecule has 0 saturated heterocycles. The number of nitrogens with one attached hydrogen (secondary N) is 1. The van der Waals surface area contributed by atoms with E-state index in [0.29, 0.717) is 5.71 Å². The van der Waals surface area contributed by atoms with Crippen molar-refractivity contribution in [3.63, 3.8) is 0 Å². The summed E-state index contributed by atoms with van der Waals surface area (Å²) in [4.78, 5) is 4.14. The summed E-state index contributed by atoms with van der Waals surface area (Å²) in [5.41, 5.74) is 3.67. The Morgan fingerprint density at radius 3 is 3.00 bits per heavy atom. The van der Waals surface area contributed by atoms with E-state index in [2.05, 4.69) is 26.4 Å². The molecule has 0 aliphatic heterocycles. The first-order chi connectivity index (χ1) is 7.69. The number of nitrogens with zero attached hydrogens (tertiary/aromatic N) is 2. The number of rotatable bonds is 4. The lowest BCUT2D eigenvalue weighted by molar-refractivity contribution is 0.155. The van der Waals surface area contributed by atoms with Gasteiger partial charge in [-0.05, 0) is 24.6 Å². The van der Waals surface area contributed by atoms with Crippen molar-refractivity contribution in [2.75, 3.05) is 6.54 Å². The Kier molecular flexibility index (Phi) is 5.12. The van der Waals surface area contributed by atoms with Crippen LogP contribution in [0.5, 0.6) is 0 Å². The Labute approximate surface area is 103 Å². The zero-order valence-electron chi connectivity index (χ0n) is 8.81. The van der Waals surface area contributed by atoms with Crippen LogP contribution in [0.3, 0.4) is 0 Å². The van der Waals surface area contributed by atoms with Crippen LogP contribution in [0, 0.1) is 11.3 Å². The van der Waals surface area contributed by atoms with Crippen LogP contribution in [0.4, 0.5) is 0 Å². The quantitative estimate of drug-likeness (QED) is 0.505. The van der Waals surface area contributed by atoms with E-state index in [0.717, 1.165) is 10.0 Å². The number of hydrogen-bond acceptors (Lipinski definition) is 4. The van der Waals surface area contributed by atoms with Crippen molar-refractivity contribution in [1.29, 1.82) is 5.26 Å². The van der Waals surface area contributed by atoms with E-state index in [4.69, 9.17) is 10.5 Å². The van der Waals surface area contributed by atoms with Crippen molar-refractivity contribution < 1.29 is 5.21 Å². The SMILES string of the molecule is CC(NO)C(=NCC#N)c1cccc(Br)c1. The van der Waals surface area contributed by atoms with Crippen molar-refractivity contribution >= 4 is 21.6 Å². The van der Waals surface area contributed by atoms with Crippen LogP contribution >= 0.6 is 15.9 Å². The second-order valence-corrected chi connectivity index (χ2v) is 4.14. The molecule has 0 spiro atoms. The molecule has 0 aromatic heterocycles. The third-order valence-corrected chi connectivity index (χ3v) is 2.54. The van der Waals surface area contributed by atoms with E-state index in [1.807, 2.05) is 30.3 Å². The molecule has 2 N–H and O–H groups in total. The monoisotopic (exact) mass is 281 g/mol. The molecule has 0 saturated carbocycles. The zero-order valence-corrected chi connectivity index (χ0v) is 10.4. The van der Waals surface area contributed by atoms with E-state index in [1.54, 1.807) is 6.92 Å². The summed E-state index contributed by atoms with van der Waals surface area (Å²) in [5.74, 6) is 0. The molecular formula is C11H12BrN3O. The first kappa shape index (κ1) is 12.8. The smallest absolute Gasteiger partial charge is 0.126 e.